The van der Waals surface area contributed by atoms with E-state index < -0.39 is 17.4 Å². The number of aromatic hydroxyl groups is 1. The lowest BCUT2D eigenvalue weighted by atomic mass is 10.1. The summed E-state index contributed by atoms with van der Waals surface area (Å²) in [4.78, 5) is 40.2. The van der Waals surface area contributed by atoms with Crippen LogP contribution in [0.2, 0.25) is 0 Å². The Kier molecular flexibility index (Phi) is 6.35. The number of anilines is 1. The molecule has 8 heteroatoms. The number of benzene rings is 1. The first kappa shape index (κ1) is 20.9. The minimum absolute atomic E-state index is 0.109. The molecule has 0 radical (unpaired) electrons. The van der Waals surface area contributed by atoms with E-state index >= 15 is 0 Å². The summed E-state index contributed by atoms with van der Waals surface area (Å²) in [5, 5.41) is 15.4. The summed E-state index contributed by atoms with van der Waals surface area (Å²) in [6, 6.07) is 7.15. The molecule has 1 heterocycles. The van der Waals surface area contributed by atoms with Gasteiger partial charge < -0.3 is 20.5 Å². The number of hydrogen-bond acceptors (Lipinski definition) is 6. The molecular weight excluding hydrogens is 362 g/mol. The van der Waals surface area contributed by atoms with Crippen LogP contribution in [-0.2, 0) is 16.0 Å². The van der Waals surface area contributed by atoms with E-state index in [1.54, 1.807) is 6.07 Å². The number of hydrogen-bond donors (Lipinski definition) is 3. The van der Waals surface area contributed by atoms with Crippen molar-refractivity contribution in [2.24, 2.45) is 0 Å². The number of nitrogens with zero attached hydrogens (tertiary/aromatic N) is 1. The summed E-state index contributed by atoms with van der Waals surface area (Å²) >= 11 is 0. The number of esters is 1. The van der Waals surface area contributed by atoms with Gasteiger partial charge in [-0.15, -0.1) is 0 Å². The lowest BCUT2D eigenvalue weighted by Crippen LogP contribution is -2.40. The summed E-state index contributed by atoms with van der Waals surface area (Å²) in [7, 11) is 1.25. The smallest absolute Gasteiger partial charge is 0.337 e. The maximum Gasteiger partial charge on any atom is 0.337 e. The molecule has 0 spiro atoms. The molecule has 1 aromatic carbocycles. The van der Waals surface area contributed by atoms with Crippen molar-refractivity contribution in [3.05, 3.63) is 53.3 Å². The van der Waals surface area contributed by atoms with Crippen LogP contribution in [0.3, 0.4) is 0 Å². The molecule has 8 nitrogen and oxygen atoms in total. The second-order valence-corrected chi connectivity index (χ2v) is 7.19. The predicted molar refractivity (Wildman–Crippen MR) is 103 cm³/mol. The molecule has 148 valence electrons. The summed E-state index contributed by atoms with van der Waals surface area (Å²) in [6.07, 6.45) is 1.26. The fraction of sp³-hybridized carbons (Fsp3) is 0.300. The van der Waals surface area contributed by atoms with Gasteiger partial charge in [0.2, 0.25) is 5.91 Å². The number of phenols is 1. The van der Waals surface area contributed by atoms with Crippen LogP contribution in [0.25, 0.3) is 0 Å². The predicted octanol–water partition coefficient (Wildman–Crippen LogP) is 2.28. The number of nitrogens with one attached hydrogen (secondary N) is 2. The van der Waals surface area contributed by atoms with E-state index in [0.29, 0.717) is 5.69 Å². The average Bonchev–Trinajstić information content (AvgIpc) is 2.61. The normalized spacial score (nSPS) is 10.9. The molecule has 0 aliphatic heterocycles. The zero-order valence-electron chi connectivity index (χ0n) is 16.2. The monoisotopic (exact) mass is 385 g/mol. The lowest BCUT2D eigenvalue weighted by molar-refractivity contribution is -0.115. The number of methoxy groups -OCH3 is 1. The fourth-order valence-corrected chi connectivity index (χ4v) is 2.39. The van der Waals surface area contributed by atoms with E-state index in [-0.39, 0.29) is 34.9 Å². The number of ether oxygens (including phenoxy) is 1. The third-order valence-corrected chi connectivity index (χ3v) is 3.62. The number of amides is 2. The van der Waals surface area contributed by atoms with Crippen LogP contribution in [0.4, 0.5) is 5.69 Å². The third-order valence-electron chi connectivity index (χ3n) is 3.62. The zero-order valence-corrected chi connectivity index (χ0v) is 16.2. The molecule has 2 aromatic rings. The molecule has 2 amide bonds. The molecule has 0 fully saturated rings. The Hall–Kier alpha value is -3.42. The van der Waals surface area contributed by atoms with Gasteiger partial charge in [0.05, 0.1) is 19.1 Å². The summed E-state index contributed by atoms with van der Waals surface area (Å²) in [5.41, 5.74) is 0.652. The Labute approximate surface area is 162 Å². The fourth-order valence-electron chi connectivity index (χ4n) is 2.39. The Morgan fingerprint density at radius 1 is 1.14 bits per heavy atom. The minimum atomic E-state index is -0.565. The van der Waals surface area contributed by atoms with Crippen molar-refractivity contribution in [3.8, 4) is 5.75 Å². The van der Waals surface area contributed by atoms with Gasteiger partial charge in [-0.05, 0) is 51.1 Å². The molecule has 0 unspecified atom stereocenters. The van der Waals surface area contributed by atoms with E-state index in [1.807, 2.05) is 20.8 Å². The summed E-state index contributed by atoms with van der Waals surface area (Å²) in [5.74, 6) is -1.45. The van der Waals surface area contributed by atoms with Gasteiger partial charge in [-0.25, -0.2) is 4.79 Å². The van der Waals surface area contributed by atoms with Crippen molar-refractivity contribution < 1.29 is 24.2 Å². The van der Waals surface area contributed by atoms with E-state index in [2.05, 4.69) is 20.4 Å². The van der Waals surface area contributed by atoms with E-state index in [4.69, 9.17) is 0 Å². The second-order valence-electron chi connectivity index (χ2n) is 7.19. The first-order valence-corrected chi connectivity index (χ1v) is 8.57. The average molecular weight is 385 g/mol. The van der Waals surface area contributed by atoms with Gasteiger partial charge in [-0.3, -0.25) is 14.6 Å². The second kappa shape index (κ2) is 8.51. The largest absolute Gasteiger partial charge is 0.508 e. The van der Waals surface area contributed by atoms with Gasteiger partial charge in [0.1, 0.15) is 11.4 Å². The molecule has 2 rings (SSSR count). The quantitative estimate of drug-likeness (QED) is 0.680. The van der Waals surface area contributed by atoms with Gasteiger partial charge in [-0.2, -0.15) is 0 Å². The van der Waals surface area contributed by atoms with Crippen LogP contribution in [-0.4, -0.2) is 40.5 Å². The lowest BCUT2D eigenvalue weighted by Gasteiger charge is -2.20. The third kappa shape index (κ3) is 5.80. The molecular formula is C20H23N3O5. The number of phenolic OH excluding ortho intramolecular Hbond substituents is 1. The van der Waals surface area contributed by atoms with Crippen molar-refractivity contribution in [1.82, 2.24) is 10.3 Å². The maximum atomic E-state index is 12.3. The highest BCUT2D eigenvalue weighted by molar-refractivity contribution is 5.97. The van der Waals surface area contributed by atoms with E-state index in [1.165, 1.54) is 37.6 Å². The van der Waals surface area contributed by atoms with Crippen LogP contribution in [0.1, 0.15) is 47.2 Å². The Balaban J connectivity index is 2.11. The molecule has 0 saturated heterocycles. The topological polar surface area (TPSA) is 118 Å². The Bertz CT molecular complexity index is 903. The molecule has 28 heavy (non-hydrogen) atoms. The summed E-state index contributed by atoms with van der Waals surface area (Å²) in [6.45, 7) is 5.56. The van der Waals surface area contributed by atoms with Gasteiger partial charge >= 0.3 is 5.97 Å². The molecule has 0 aliphatic rings. The molecule has 0 atom stereocenters. The maximum absolute atomic E-state index is 12.3. The number of aromatic nitrogens is 1. The van der Waals surface area contributed by atoms with Gasteiger partial charge in [-0.1, -0.05) is 0 Å². The highest BCUT2D eigenvalue weighted by atomic mass is 16.5. The Morgan fingerprint density at radius 3 is 2.50 bits per heavy atom. The molecule has 0 saturated carbocycles. The first-order valence-electron chi connectivity index (χ1n) is 8.57. The van der Waals surface area contributed by atoms with Crippen molar-refractivity contribution in [3.63, 3.8) is 0 Å². The zero-order chi connectivity index (χ0) is 20.9. The van der Waals surface area contributed by atoms with Crippen LogP contribution in [0, 0.1) is 0 Å². The van der Waals surface area contributed by atoms with Crippen molar-refractivity contribution >= 4 is 23.5 Å². The highest BCUT2D eigenvalue weighted by Gasteiger charge is 2.17. The standard InChI is InChI=1S/C20H23N3O5/c1-20(2,3)23-18(26)15-11-14(7-8-21-15)22-17(25)10-13-9-12(19(27)28-4)5-6-16(13)24/h5-9,11,24H,10H2,1-4H3,(H,23,26)(H,21,22,25). The van der Waals surface area contributed by atoms with E-state index in [9.17, 15) is 19.5 Å². The first-order chi connectivity index (χ1) is 13.1. The van der Waals surface area contributed by atoms with Crippen LogP contribution >= 0.6 is 0 Å². The summed E-state index contributed by atoms with van der Waals surface area (Å²) < 4.78 is 4.64. The molecule has 1 aromatic heterocycles. The number of pyridine rings is 1. The van der Waals surface area contributed by atoms with Crippen LogP contribution < -0.4 is 10.6 Å². The highest BCUT2D eigenvalue weighted by Crippen LogP contribution is 2.20. The van der Waals surface area contributed by atoms with Crippen LogP contribution in [0.15, 0.2) is 36.5 Å². The number of carbonyl (C=O) groups excluding carboxylic acids is 3. The van der Waals surface area contributed by atoms with Gasteiger partial charge in [0.15, 0.2) is 0 Å². The van der Waals surface area contributed by atoms with Crippen molar-refractivity contribution in [2.75, 3.05) is 12.4 Å². The van der Waals surface area contributed by atoms with Crippen LogP contribution in [0.5, 0.6) is 5.75 Å². The van der Waals surface area contributed by atoms with Gasteiger partial charge in [0.25, 0.3) is 5.91 Å². The molecule has 3 N–H and O–H groups in total. The molecule has 0 bridgehead atoms. The minimum Gasteiger partial charge on any atom is -0.508 e. The van der Waals surface area contributed by atoms with E-state index in [0.717, 1.165) is 0 Å². The number of carbonyl (C=O) groups is 3. The van der Waals surface area contributed by atoms with Crippen molar-refractivity contribution in [1.29, 1.82) is 0 Å². The van der Waals surface area contributed by atoms with Gasteiger partial charge in [0, 0.05) is 23.0 Å². The Morgan fingerprint density at radius 2 is 1.86 bits per heavy atom. The number of rotatable bonds is 5. The molecule has 0 aliphatic carbocycles. The van der Waals surface area contributed by atoms with Crippen molar-refractivity contribution in [2.45, 2.75) is 32.7 Å². The SMILES string of the molecule is COC(=O)c1ccc(O)c(CC(=O)Nc2ccnc(C(=O)NC(C)(C)C)c2)c1.